The number of nitrogen functional groups attached to an aromatic ring is 1. The van der Waals surface area contributed by atoms with Crippen LogP contribution in [-0.2, 0) is 19.5 Å². The van der Waals surface area contributed by atoms with Crippen LogP contribution in [0.5, 0.6) is 5.88 Å². The SMILES string of the molecule is Nc1ncc(Cl)c2cc(NCc3ccc(OCC4CCn5ccnc5C4)nc3)ccc12. The summed E-state index contributed by atoms with van der Waals surface area (Å²) >= 11 is 6.27. The van der Waals surface area contributed by atoms with Gasteiger partial charge in [0.25, 0.3) is 0 Å². The Morgan fingerprint density at radius 2 is 2.06 bits per heavy atom. The Hall–Kier alpha value is -3.32. The van der Waals surface area contributed by atoms with Gasteiger partial charge < -0.3 is 20.4 Å². The van der Waals surface area contributed by atoms with Crippen molar-refractivity contribution in [1.29, 1.82) is 0 Å². The maximum Gasteiger partial charge on any atom is 0.213 e. The van der Waals surface area contributed by atoms with Gasteiger partial charge in [0.05, 0.1) is 11.6 Å². The van der Waals surface area contributed by atoms with Gasteiger partial charge in [-0.05, 0) is 30.2 Å². The average molecular weight is 435 g/mol. The molecule has 0 saturated carbocycles. The van der Waals surface area contributed by atoms with Gasteiger partial charge in [-0.3, -0.25) is 0 Å². The fraction of sp³-hybridized carbons (Fsp3) is 0.261. The minimum absolute atomic E-state index is 0.474. The van der Waals surface area contributed by atoms with Crippen LogP contribution in [0.1, 0.15) is 17.8 Å². The molecule has 1 aliphatic rings. The molecule has 1 atom stereocenters. The van der Waals surface area contributed by atoms with Crippen LogP contribution in [0.2, 0.25) is 5.02 Å². The number of rotatable bonds is 6. The van der Waals surface area contributed by atoms with Crippen molar-refractivity contribution in [3.63, 3.8) is 0 Å². The molecule has 0 bridgehead atoms. The van der Waals surface area contributed by atoms with Gasteiger partial charge in [0, 0.05) is 72.7 Å². The third-order valence-electron chi connectivity index (χ3n) is 5.68. The first kappa shape index (κ1) is 19.6. The van der Waals surface area contributed by atoms with E-state index < -0.39 is 0 Å². The normalized spacial score (nSPS) is 15.6. The van der Waals surface area contributed by atoms with E-state index in [1.54, 1.807) is 6.20 Å². The number of hydrogen-bond acceptors (Lipinski definition) is 6. The van der Waals surface area contributed by atoms with E-state index in [0.29, 0.717) is 35.8 Å². The number of nitrogens with zero attached hydrogens (tertiary/aromatic N) is 4. The minimum atomic E-state index is 0.474. The Morgan fingerprint density at radius 3 is 2.94 bits per heavy atom. The number of nitrogens with one attached hydrogen (secondary N) is 1. The first-order chi connectivity index (χ1) is 15.2. The summed E-state index contributed by atoms with van der Waals surface area (Å²) in [6.45, 7) is 2.31. The Labute approximate surface area is 185 Å². The van der Waals surface area contributed by atoms with Gasteiger partial charge in [-0.15, -0.1) is 0 Å². The van der Waals surface area contributed by atoms with E-state index in [0.717, 1.165) is 47.2 Å². The molecular formula is C23H23ClN6O. The molecule has 1 aromatic carbocycles. The molecule has 7 nitrogen and oxygen atoms in total. The Bertz CT molecular complexity index is 1210. The zero-order chi connectivity index (χ0) is 21.2. The minimum Gasteiger partial charge on any atom is -0.477 e. The van der Waals surface area contributed by atoms with Crippen LogP contribution < -0.4 is 15.8 Å². The van der Waals surface area contributed by atoms with E-state index >= 15 is 0 Å². The third-order valence-corrected chi connectivity index (χ3v) is 5.98. The van der Waals surface area contributed by atoms with Gasteiger partial charge in [0.1, 0.15) is 11.6 Å². The van der Waals surface area contributed by atoms with E-state index in [1.165, 1.54) is 0 Å². The predicted octanol–water partition coefficient (Wildman–Crippen LogP) is 4.32. The number of aromatic nitrogens is 4. The summed E-state index contributed by atoms with van der Waals surface area (Å²) in [5, 5.41) is 5.71. The van der Waals surface area contributed by atoms with Gasteiger partial charge in [0.15, 0.2) is 0 Å². The molecule has 3 N–H and O–H groups in total. The van der Waals surface area contributed by atoms with Crippen LogP contribution in [-0.4, -0.2) is 26.1 Å². The number of anilines is 2. The summed E-state index contributed by atoms with van der Waals surface area (Å²) < 4.78 is 8.14. The van der Waals surface area contributed by atoms with Crippen LogP contribution >= 0.6 is 11.6 Å². The summed E-state index contributed by atoms with van der Waals surface area (Å²) in [4.78, 5) is 13.0. The molecule has 0 aliphatic carbocycles. The standard InChI is InChI=1S/C23H23ClN6O/c24-20-13-29-23(25)18-3-2-17(10-19(18)20)27-11-16-1-4-22(28-12-16)31-14-15-5-7-30-8-6-26-21(30)9-15/h1-4,6,8,10,12-13,15,27H,5,7,9,11,14H2,(H2,25,29). The lowest BCUT2D eigenvalue weighted by Gasteiger charge is -2.23. The molecule has 0 amide bonds. The van der Waals surface area contributed by atoms with Crippen molar-refractivity contribution >= 4 is 33.9 Å². The molecular weight excluding hydrogens is 412 g/mol. The second-order valence-corrected chi connectivity index (χ2v) is 8.22. The summed E-state index contributed by atoms with van der Waals surface area (Å²) in [7, 11) is 0. The number of pyridine rings is 2. The summed E-state index contributed by atoms with van der Waals surface area (Å²) in [6, 6.07) is 9.83. The van der Waals surface area contributed by atoms with Crippen molar-refractivity contribution in [2.45, 2.75) is 25.9 Å². The van der Waals surface area contributed by atoms with Crippen molar-refractivity contribution in [3.8, 4) is 5.88 Å². The van der Waals surface area contributed by atoms with Gasteiger partial charge in [0.2, 0.25) is 5.88 Å². The summed E-state index contributed by atoms with van der Waals surface area (Å²) in [5.74, 6) is 2.74. The lowest BCUT2D eigenvalue weighted by Crippen LogP contribution is -2.24. The fourth-order valence-corrected chi connectivity index (χ4v) is 4.11. The highest BCUT2D eigenvalue weighted by molar-refractivity contribution is 6.35. The van der Waals surface area contributed by atoms with Crippen LogP contribution in [0, 0.1) is 5.92 Å². The molecule has 1 unspecified atom stereocenters. The maximum atomic E-state index is 6.27. The van der Waals surface area contributed by atoms with E-state index in [1.807, 2.05) is 48.9 Å². The van der Waals surface area contributed by atoms with Gasteiger partial charge in [-0.25, -0.2) is 15.0 Å². The van der Waals surface area contributed by atoms with Crippen LogP contribution in [0.15, 0.2) is 55.1 Å². The van der Waals surface area contributed by atoms with Gasteiger partial charge >= 0.3 is 0 Å². The molecule has 0 fully saturated rings. The Balaban J connectivity index is 1.16. The average Bonchev–Trinajstić information content (AvgIpc) is 3.27. The smallest absolute Gasteiger partial charge is 0.213 e. The molecule has 1 aliphatic heterocycles. The lowest BCUT2D eigenvalue weighted by molar-refractivity contribution is 0.212. The number of hydrogen-bond donors (Lipinski definition) is 2. The Morgan fingerprint density at radius 1 is 1.13 bits per heavy atom. The van der Waals surface area contributed by atoms with E-state index in [9.17, 15) is 0 Å². The van der Waals surface area contributed by atoms with E-state index in [2.05, 4.69) is 24.8 Å². The first-order valence-corrected chi connectivity index (χ1v) is 10.7. The topological polar surface area (TPSA) is 90.9 Å². The highest BCUT2D eigenvalue weighted by Gasteiger charge is 2.19. The van der Waals surface area contributed by atoms with Crippen molar-refractivity contribution in [2.75, 3.05) is 17.7 Å². The van der Waals surface area contributed by atoms with E-state index in [-0.39, 0.29) is 0 Å². The highest BCUT2D eigenvalue weighted by atomic mass is 35.5. The second kappa shape index (κ2) is 8.43. The van der Waals surface area contributed by atoms with Crippen molar-refractivity contribution in [3.05, 3.63) is 71.5 Å². The van der Waals surface area contributed by atoms with Crippen LogP contribution in [0.3, 0.4) is 0 Å². The molecule has 8 heteroatoms. The zero-order valence-corrected chi connectivity index (χ0v) is 17.7. The molecule has 0 saturated heterocycles. The number of nitrogens with two attached hydrogens (primary N) is 1. The molecule has 0 radical (unpaired) electrons. The molecule has 31 heavy (non-hydrogen) atoms. The Kier molecular flexibility index (Phi) is 5.34. The largest absolute Gasteiger partial charge is 0.477 e. The predicted molar refractivity (Wildman–Crippen MR) is 122 cm³/mol. The monoisotopic (exact) mass is 434 g/mol. The molecule has 158 valence electrons. The summed E-state index contributed by atoms with van der Waals surface area (Å²) in [5.41, 5.74) is 7.95. The molecule has 5 rings (SSSR count). The number of halogens is 1. The summed E-state index contributed by atoms with van der Waals surface area (Å²) in [6.07, 6.45) is 9.38. The fourth-order valence-electron chi connectivity index (χ4n) is 3.91. The number of imidazole rings is 1. The number of benzene rings is 1. The first-order valence-electron chi connectivity index (χ1n) is 10.3. The number of fused-ring (bicyclic) bond motifs is 2. The van der Waals surface area contributed by atoms with Gasteiger partial charge in [-0.1, -0.05) is 17.7 Å². The third kappa shape index (κ3) is 4.27. The molecule has 4 aromatic rings. The molecule has 4 heterocycles. The van der Waals surface area contributed by atoms with Crippen LogP contribution in [0.4, 0.5) is 11.5 Å². The molecule has 0 spiro atoms. The molecule has 3 aromatic heterocycles. The number of ether oxygens (including phenoxy) is 1. The number of aryl methyl sites for hydroxylation is 1. The van der Waals surface area contributed by atoms with Crippen molar-refractivity contribution in [1.82, 2.24) is 19.5 Å². The lowest BCUT2D eigenvalue weighted by atomic mass is 9.99. The van der Waals surface area contributed by atoms with Crippen LogP contribution in [0.25, 0.3) is 10.8 Å². The zero-order valence-electron chi connectivity index (χ0n) is 17.0. The van der Waals surface area contributed by atoms with E-state index in [4.69, 9.17) is 22.1 Å². The second-order valence-electron chi connectivity index (χ2n) is 7.82. The maximum absolute atomic E-state index is 6.27. The quantitative estimate of drug-likeness (QED) is 0.469. The van der Waals surface area contributed by atoms with Crippen molar-refractivity contribution in [2.24, 2.45) is 5.92 Å². The highest BCUT2D eigenvalue weighted by Crippen LogP contribution is 2.29. The van der Waals surface area contributed by atoms with Gasteiger partial charge in [-0.2, -0.15) is 0 Å². The van der Waals surface area contributed by atoms with Crippen molar-refractivity contribution < 1.29 is 4.74 Å².